The third kappa shape index (κ3) is 5.07. The van der Waals surface area contributed by atoms with Gasteiger partial charge in [0.2, 0.25) is 5.82 Å². The van der Waals surface area contributed by atoms with Gasteiger partial charge in [-0.15, -0.1) is 0 Å². The fourth-order valence-electron chi connectivity index (χ4n) is 3.77. The number of para-hydroxylation sites is 1. The minimum atomic E-state index is -0.839. The first-order valence-corrected chi connectivity index (χ1v) is 12.7. The number of halogens is 2. The number of rotatable bonds is 6. The summed E-state index contributed by atoms with van der Waals surface area (Å²) in [5.74, 6) is 0.507. The minimum absolute atomic E-state index is 0.243. The molecule has 2 aromatic heterocycles. The van der Waals surface area contributed by atoms with Gasteiger partial charge in [0.1, 0.15) is 11.3 Å². The van der Waals surface area contributed by atoms with Crippen LogP contribution in [-0.4, -0.2) is 35.1 Å². The Bertz CT molecular complexity index is 1740. The number of ether oxygens (including phenoxy) is 2. The van der Waals surface area contributed by atoms with Crippen LogP contribution in [0.15, 0.2) is 90.0 Å². The van der Waals surface area contributed by atoms with E-state index >= 15 is 0 Å². The van der Waals surface area contributed by atoms with Crippen molar-refractivity contribution in [3.63, 3.8) is 0 Å². The number of hydrogen-bond acceptors (Lipinski definition) is 7. The van der Waals surface area contributed by atoms with Crippen LogP contribution in [-0.2, 0) is 9.53 Å². The Labute approximate surface area is 227 Å². The molecule has 0 amide bonds. The number of carbonyl (C=O) groups excluding carboxylic acids is 1. The molecule has 0 spiro atoms. The molecule has 0 N–H and O–H groups in total. The second kappa shape index (κ2) is 10.3. The molecular formula is C27H19Br2N3O5. The maximum absolute atomic E-state index is 13.5. The molecule has 0 saturated heterocycles. The Morgan fingerprint density at radius 1 is 1.08 bits per heavy atom. The van der Waals surface area contributed by atoms with Crippen LogP contribution in [0.1, 0.15) is 12.5 Å². The molecule has 8 nitrogen and oxygen atoms in total. The third-order valence-corrected chi connectivity index (χ3v) is 6.56. The SMILES string of the molecule is COC(=O)[C@@H](C)Oc1ccc(Br)cc1C=Nn1c(-c2cc3cc(Br)ccc3o2)nc2ccccc2c1=O. The maximum Gasteiger partial charge on any atom is 0.346 e. The lowest BCUT2D eigenvalue weighted by atomic mass is 10.2. The van der Waals surface area contributed by atoms with Crippen molar-refractivity contribution >= 4 is 65.9 Å². The van der Waals surface area contributed by atoms with E-state index in [9.17, 15) is 9.59 Å². The highest BCUT2D eigenvalue weighted by Gasteiger charge is 2.18. The molecular weight excluding hydrogens is 606 g/mol. The topological polar surface area (TPSA) is 95.9 Å². The van der Waals surface area contributed by atoms with Crippen molar-refractivity contribution in [2.45, 2.75) is 13.0 Å². The summed E-state index contributed by atoms with van der Waals surface area (Å²) < 4.78 is 19.5. The molecule has 2 heterocycles. The summed E-state index contributed by atoms with van der Waals surface area (Å²) in [6.07, 6.45) is 0.638. The van der Waals surface area contributed by atoms with Crippen LogP contribution in [0.3, 0.4) is 0 Å². The van der Waals surface area contributed by atoms with E-state index in [2.05, 4.69) is 37.0 Å². The van der Waals surface area contributed by atoms with E-state index in [0.29, 0.717) is 33.6 Å². The van der Waals surface area contributed by atoms with Crippen molar-refractivity contribution in [1.82, 2.24) is 9.66 Å². The zero-order valence-corrected chi connectivity index (χ0v) is 22.8. The highest BCUT2D eigenvalue weighted by atomic mass is 79.9. The van der Waals surface area contributed by atoms with E-state index in [0.717, 1.165) is 14.3 Å². The Kier molecular flexibility index (Phi) is 6.94. The van der Waals surface area contributed by atoms with Gasteiger partial charge in [0.05, 0.1) is 24.2 Å². The van der Waals surface area contributed by atoms with Gasteiger partial charge in [-0.1, -0.05) is 44.0 Å². The Balaban J connectivity index is 1.66. The number of nitrogens with zero attached hydrogens (tertiary/aromatic N) is 3. The zero-order valence-electron chi connectivity index (χ0n) is 19.6. The van der Waals surface area contributed by atoms with E-state index in [-0.39, 0.29) is 11.4 Å². The van der Waals surface area contributed by atoms with Gasteiger partial charge in [0.25, 0.3) is 5.56 Å². The molecule has 0 aliphatic heterocycles. The lowest BCUT2D eigenvalue weighted by molar-refractivity contribution is -0.147. The van der Waals surface area contributed by atoms with Crippen LogP contribution in [0.25, 0.3) is 33.5 Å². The zero-order chi connectivity index (χ0) is 26.1. The van der Waals surface area contributed by atoms with Gasteiger partial charge in [-0.2, -0.15) is 9.78 Å². The third-order valence-electron chi connectivity index (χ3n) is 5.57. The molecule has 5 aromatic rings. The standard InChI is InChI=1S/C27H19Br2N3O5/c1-15(27(34)35-2)36-23-10-8-19(29)12-17(23)14-30-32-25(31-21-6-4-3-5-20(21)26(32)33)24-13-16-11-18(28)7-9-22(16)37-24/h3-15H,1-2H3/t15-/m1/s1. The minimum Gasteiger partial charge on any atom is -0.478 e. The lowest BCUT2D eigenvalue weighted by Crippen LogP contribution is -2.25. The summed E-state index contributed by atoms with van der Waals surface area (Å²) in [6, 6.07) is 19.7. The van der Waals surface area contributed by atoms with E-state index in [4.69, 9.17) is 18.9 Å². The smallest absolute Gasteiger partial charge is 0.346 e. The summed E-state index contributed by atoms with van der Waals surface area (Å²) >= 11 is 6.92. The highest BCUT2D eigenvalue weighted by Crippen LogP contribution is 2.29. The molecule has 3 aromatic carbocycles. The second-order valence-electron chi connectivity index (χ2n) is 8.07. The van der Waals surface area contributed by atoms with Crippen LogP contribution in [0.2, 0.25) is 0 Å². The van der Waals surface area contributed by atoms with Crippen LogP contribution in [0.4, 0.5) is 0 Å². The fourth-order valence-corrected chi connectivity index (χ4v) is 4.52. The summed E-state index contributed by atoms with van der Waals surface area (Å²) in [7, 11) is 1.30. The molecule has 10 heteroatoms. The molecule has 1 atom stereocenters. The van der Waals surface area contributed by atoms with Crippen LogP contribution in [0.5, 0.6) is 5.75 Å². The number of furan rings is 1. The van der Waals surface area contributed by atoms with Crippen molar-refractivity contribution < 1.29 is 18.7 Å². The first-order chi connectivity index (χ1) is 17.8. The van der Waals surface area contributed by atoms with Gasteiger partial charge in [0, 0.05) is 19.9 Å². The molecule has 0 fully saturated rings. The van der Waals surface area contributed by atoms with Gasteiger partial charge in [0.15, 0.2) is 11.9 Å². The summed E-state index contributed by atoms with van der Waals surface area (Å²) in [6.45, 7) is 1.59. The highest BCUT2D eigenvalue weighted by molar-refractivity contribution is 9.10. The number of aromatic nitrogens is 2. The first kappa shape index (κ1) is 24.9. The maximum atomic E-state index is 13.5. The summed E-state index contributed by atoms with van der Waals surface area (Å²) in [5.41, 5.74) is 1.34. The quantitative estimate of drug-likeness (QED) is 0.166. The van der Waals surface area contributed by atoms with Gasteiger partial charge < -0.3 is 13.9 Å². The number of esters is 1. The largest absolute Gasteiger partial charge is 0.478 e. The van der Waals surface area contributed by atoms with Crippen LogP contribution >= 0.6 is 31.9 Å². The average Bonchev–Trinajstić information content (AvgIpc) is 3.32. The monoisotopic (exact) mass is 623 g/mol. The molecule has 186 valence electrons. The Morgan fingerprint density at radius 3 is 2.65 bits per heavy atom. The fraction of sp³-hybridized carbons (Fsp3) is 0.111. The van der Waals surface area contributed by atoms with Crippen molar-refractivity contribution in [2.75, 3.05) is 7.11 Å². The predicted molar refractivity (Wildman–Crippen MR) is 148 cm³/mol. The average molecular weight is 625 g/mol. The number of fused-ring (bicyclic) bond motifs is 2. The molecule has 0 radical (unpaired) electrons. The number of hydrogen-bond donors (Lipinski definition) is 0. The number of carbonyl (C=O) groups is 1. The number of methoxy groups -OCH3 is 1. The van der Waals surface area contributed by atoms with Gasteiger partial charge in [-0.3, -0.25) is 4.79 Å². The van der Waals surface area contributed by atoms with Crippen molar-refractivity contribution in [1.29, 1.82) is 0 Å². The van der Waals surface area contributed by atoms with E-state index in [1.165, 1.54) is 18.0 Å². The molecule has 0 bridgehead atoms. The van der Waals surface area contributed by atoms with Gasteiger partial charge in [-0.05, 0) is 61.5 Å². The van der Waals surface area contributed by atoms with Gasteiger partial charge >= 0.3 is 5.97 Å². The number of benzene rings is 3. The van der Waals surface area contributed by atoms with E-state index in [1.807, 2.05) is 30.3 Å². The molecule has 37 heavy (non-hydrogen) atoms. The van der Waals surface area contributed by atoms with E-state index in [1.54, 1.807) is 43.3 Å². The predicted octanol–water partition coefficient (Wildman–Crippen LogP) is 6.16. The second-order valence-corrected chi connectivity index (χ2v) is 9.90. The summed E-state index contributed by atoms with van der Waals surface area (Å²) in [5, 5.41) is 5.75. The molecule has 0 aliphatic carbocycles. The van der Waals surface area contributed by atoms with Gasteiger partial charge in [-0.25, -0.2) is 9.78 Å². The molecule has 0 saturated carbocycles. The molecule has 0 unspecified atom stereocenters. The lowest BCUT2D eigenvalue weighted by Gasteiger charge is -2.14. The van der Waals surface area contributed by atoms with Crippen LogP contribution < -0.4 is 10.3 Å². The first-order valence-electron chi connectivity index (χ1n) is 11.1. The Morgan fingerprint density at radius 2 is 1.84 bits per heavy atom. The van der Waals surface area contributed by atoms with Crippen molar-refractivity contribution in [3.8, 4) is 17.3 Å². The van der Waals surface area contributed by atoms with Crippen LogP contribution in [0, 0.1) is 0 Å². The van der Waals surface area contributed by atoms with E-state index < -0.39 is 12.1 Å². The van der Waals surface area contributed by atoms with Crippen molar-refractivity contribution in [2.24, 2.45) is 5.10 Å². The summed E-state index contributed by atoms with van der Waals surface area (Å²) in [4.78, 5) is 30.1. The molecule has 0 aliphatic rings. The molecule has 5 rings (SSSR count). The Hall–Kier alpha value is -3.76. The normalized spacial score (nSPS) is 12.3. The van der Waals surface area contributed by atoms with Crippen molar-refractivity contribution in [3.05, 3.63) is 91.6 Å².